The van der Waals surface area contributed by atoms with Crippen LogP contribution >= 0.6 is 0 Å². The van der Waals surface area contributed by atoms with E-state index in [0.29, 0.717) is 0 Å². The van der Waals surface area contributed by atoms with E-state index in [9.17, 15) is 0 Å². The van der Waals surface area contributed by atoms with E-state index < -0.39 is 0 Å². The van der Waals surface area contributed by atoms with E-state index in [0.717, 1.165) is 17.8 Å². The second-order valence-corrected chi connectivity index (χ2v) is 3.68. The number of rotatable bonds is 4. The summed E-state index contributed by atoms with van der Waals surface area (Å²) < 4.78 is 0. The molecular formula is C14H15N3. The summed E-state index contributed by atoms with van der Waals surface area (Å²) in [7, 11) is 0. The lowest BCUT2D eigenvalue weighted by atomic mass is 10.1. The van der Waals surface area contributed by atoms with Gasteiger partial charge in [-0.25, -0.2) is 4.98 Å². The first-order valence-electron chi connectivity index (χ1n) is 5.67. The van der Waals surface area contributed by atoms with Gasteiger partial charge in [0, 0.05) is 6.20 Å². The molecule has 0 aliphatic heterocycles. The van der Waals surface area contributed by atoms with Crippen molar-refractivity contribution in [3.05, 3.63) is 59.8 Å². The molecule has 0 unspecified atom stereocenters. The third-order valence-corrected chi connectivity index (χ3v) is 2.45. The van der Waals surface area contributed by atoms with Gasteiger partial charge in [-0.1, -0.05) is 37.3 Å². The minimum atomic E-state index is 0.744. The summed E-state index contributed by atoms with van der Waals surface area (Å²) in [6.07, 6.45) is 4.58. The summed E-state index contributed by atoms with van der Waals surface area (Å²) in [5.41, 5.74) is 5.29. The van der Waals surface area contributed by atoms with E-state index in [1.54, 1.807) is 12.4 Å². The Morgan fingerprint density at radius 1 is 1.18 bits per heavy atom. The summed E-state index contributed by atoms with van der Waals surface area (Å²) in [5.74, 6) is 0.744. The highest BCUT2D eigenvalue weighted by Crippen LogP contribution is 2.03. The maximum absolute atomic E-state index is 4.13. The standard InChI is InChI=1S/C14H15N3/c1-2-12-6-8-13(9-7-12)11-16-17-14-5-3-4-10-15-14/h3-11H,2H2,1H3,(H,15,17)/b16-11+. The molecule has 1 heterocycles. The fourth-order valence-corrected chi connectivity index (χ4v) is 1.44. The number of hydrazone groups is 1. The molecule has 2 rings (SSSR count). The van der Waals surface area contributed by atoms with E-state index in [4.69, 9.17) is 0 Å². The summed E-state index contributed by atoms with van der Waals surface area (Å²) in [6.45, 7) is 2.14. The van der Waals surface area contributed by atoms with Crippen molar-refractivity contribution in [3.63, 3.8) is 0 Å². The van der Waals surface area contributed by atoms with Gasteiger partial charge in [0.15, 0.2) is 0 Å². The normalized spacial score (nSPS) is 10.6. The Morgan fingerprint density at radius 2 is 2.00 bits per heavy atom. The molecule has 0 fully saturated rings. The lowest BCUT2D eigenvalue weighted by Gasteiger charge is -1.98. The Kier molecular flexibility index (Phi) is 3.86. The highest BCUT2D eigenvalue weighted by Gasteiger charge is 1.90. The van der Waals surface area contributed by atoms with Crippen LogP contribution in [0.3, 0.4) is 0 Å². The molecule has 3 nitrogen and oxygen atoms in total. The van der Waals surface area contributed by atoms with Crippen molar-refractivity contribution < 1.29 is 0 Å². The van der Waals surface area contributed by atoms with E-state index in [1.165, 1.54) is 5.56 Å². The van der Waals surface area contributed by atoms with Gasteiger partial charge in [-0.2, -0.15) is 5.10 Å². The van der Waals surface area contributed by atoms with Gasteiger partial charge in [0.2, 0.25) is 0 Å². The fraction of sp³-hybridized carbons (Fsp3) is 0.143. The number of hydrogen-bond acceptors (Lipinski definition) is 3. The average molecular weight is 225 g/mol. The van der Waals surface area contributed by atoms with Gasteiger partial charge in [0.1, 0.15) is 5.82 Å². The molecule has 0 bridgehead atoms. The largest absolute Gasteiger partial charge is 0.261 e. The molecule has 2 aromatic rings. The zero-order valence-electron chi connectivity index (χ0n) is 9.80. The van der Waals surface area contributed by atoms with Crippen molar-refractivity contribution in [2.45, 2.75) is 13.3 Å². The van der Waals surface area contributed by atoms with Crippen molar-refractivity contribution in [1.29, 1.82) is 0 Å². The molecule has 0 aliphatic carbocycles. The minimum Gasteiger partial charge on any atom is -0.261 e. The predicted octanol–water partition coefficient (Wildman–Crippen LogP) is 3.09. The molecule has 1 aromatic heterocycles. The second kappa shape index (κ2) is 5.80. The Labute approximate surface area is 101 Å². The van der Waals surface area contributed by atoms with Crippen LogP contribution in [0.5, 0.6) is 0 Å². The molecule has 1 N–H and O–H groups in total. The van der Waals surface area contributed by atoms with Gasteiger partial charge in [0.05, 0.1) is 6.21 Å². The molecule has 0 saturated heterocycles. The third-order valence-electron chi connectivity index (χ3n) is 2.45. The van der Waals surface area contributed by atoms with Crippen LogP contribution in [-0.2, 0) is 6.42 Å². The summed E-state index contributed by atoms with van der Waals surface area (Å²) in [4.78, 5) is 4.11. The van der Waals surface area contributed by atoms with Crippen molar-refractivity contribution in [2.24, 2.45) is 5.10 Å². The van der Waals surface area contributed by atoms with Crippen LogP contribution in [-0.4, -0.2) is 11.2 Å². The van der Waals surface area contributed by atoms with Crippen LogP contribution in [0.15, 0.2) is 53.8 Å². The number of pyridine rings is 1. The lowest BCUT2D eigenvalue weighted by molar-refractivity contribution is 1.14. The molecule has 0 atom stereocenters. The van der Waals surface area contributed by atoms with E-state index >= 15 is 0 Å². The maximum atomic E-state index is 4.13. The first-order chi connectivity index (χ1) is 8.38. The Bertz CT molecular complexity index is 475. The lowest BCUT2D eigenvalue weighted by Crippen LogP contribution is -1.92. The van der Waals surface area contributed by atoms with E-state index in [1.807, 2.05) is 18.2 Å². The Balaban J connectivity index is 1.96. The van der Waals surface area contributed by atoms with Crippen LogP contribution in [0.1, 0.15) is 18.1 Å². The number of benzene rings is 1. The van der Waals surface area contributed by atoms with Gasteiger partial charge in [-0.15, -0.1) is 0 Å². The van der Waals surface area contributed by atoms with Crippen LogP contribution in [0.4, 0.5) is 5.82 Å². The topological polar surface area (TPSA) is 37.3 Å². The molecule has 0 radical (unpaired) electrons. The highest BCUT2D eigenvalue weighted by atomic mass is 15.3. The third kappa shape index (κ3) is 3.41. The summed E-state index contributed by atoms with van der Waals surface area (Å²) in [5, 5.41) is 4.13. The van der Waals surface area contributed by atoms with Crippen LogP contribution in [0, 0.1) is 0 Å². The van der Waals surface area contributed by atoms with E-state index in [2.05, 4.69) is 46.7 Å². The van der Waals surface area contributed by atoms with Crippen LogP contribution in [0.25, 0.3) is 0 Å². The molecule has 0 amide bonds. The van der Waals surface area contributed by atoms with Gasteiger partial charge in [0.25, 0.3) is 0 Å². The van der Waals surface area contributed by atoms with Gasteiger partial charge in [-0.05, 0) is 29.7 Å². The van der Waals surface area contributed by atoms with Crippen molar-refractivity contribution >= 4 is 12.0 Å². The smallest absolute Gasteiger partial charge is 0.146 e. The fourth-order valence-electron chi connectivity index (χ4n) is 1.44. The van der Waals surface area contributed by atoms with E-state index in [-0.39, 0.29) is 0 Å². The van der Waals surface area contributed by atoms with Crippen molar-refractivity contribution in [3.8, 4) is 0 Å². The van der Waals surface area contributed by atoms with Crippen molar-refractivity contribution in [2.75, 3.05) is 5.43 Å². The number of anilines is 1. The molecular weight excluding hydrogens is 210 g/mol. The molecule has 17 heavy (non-hydrogen) atoms. The second-order valence-electron chi connectivity index (χ2n) is 3.68. The van der Waals surface area contributed by atoms with Gasteiger partial charge in [-0.3, -0.25) is 5.43 Å². The highest BCUT2D eigenvalue weighted by molar-refractivity contribution is 5.80. The van der Waals surface area contributed by atoms with Crippen LogP contribution in [0.2, 0.25) is 0 Å². The number of nitrogens with one attached hydrogen (secondary N) is 1. The summed E-state index contributed by atoms with van der Waals surface area (Å²) in [6, 6.07) is 14.0. The number of nitrogens with zero attached hydrogens (tertiary/aromatic N) is 2. The first-order valence-corrected chi connectivity index (χ1v) is 5.67. The number of hydrogen-bond donors (Lipinski definition) is 1. The van der Waals surface area contributed by atoms with Crippen molar-refractivity contribution in [1.82, 2.24) is 4.98 Å². The molecule has 0 aliphatic rings. The van der Waals surface area contributed by atoms with Gasteiger partial charge < -0.3 is 0 Å². The Morgan fingerprint density at radius 3 is 2.65 bits per heavy atom. The summed E-state index contributed by atoms with van der Waals surface area (Å²) >= 11 is 0. The monoisotopic (exact) mass is 225 g/mol. The quantitative estimate of drug-likeness (QED) is 0.641. The molecule has 1 aromatic carbocycles. The number of aryl methyl sites for hydroxylation is 1. The number of aromatic nitrogens is 1. The molecule has 86 valence electrons. The minimum absolute atomic E-state index is 0.744. The SMILES string of the molecule is CCc1ccc(/C=N/Nc2ccccn2)cc1. The van der Waals surface area contributed by atoms with Crippen LogP contribution < -0.4 is 5.43 Å². The maximum Gasteiger partial charge on any atom is 0.146 e. The zero-order valence-corrected chi connectivity index (χ0v) is 9.80. The average Bonchev–Trinajstić information content (AvgIpc) is 2.41. The van der Waals surface area contributed by atoms with Gasteiger partial charge >= 0.3 is 0 Å². The predicted molar refractivity (Wildman–Crippen MR) is 71.3 cm³/mol. The molecule has 0 spiro atoms. The first kappa shape index (κ1) is 11.3. The Hall–Kier alpha value is -2.16. The molecule has 0 saturated carbocycles. The zero-order chi connectivity index (χ0) is 11.9. The molecule has 3 heteroatoms.